The number of rotatable bonds is 7. The Balaban J connectivity index is 3.58. The lowest BCUT2D eigenvalue weighted by Gasteiger charge is -2.17. The molecule has 0 saturated carbocycles. The molecule has 0 aliphatic carbocycles. The fraction of sp³-hybridized carbons (Fsp3) is 0.769. The molecule has 0 aromatic heterocycles. The summed E-state index contributed by atoms with van der Waals surface area (Å²) >= 11 is 0. The Hall–Kier alpha value is -0.630. The van der Waals surface area contributed by atoms with Crippen LogP contribution in [0.15, 0.2) is 12.2 Å². The van der Waals surface area contributed by atoms with Gasteiger partial charge in [0.15, 0.2) is 5.78 Å². The van der Waals surface area contributed by atoms with Crippen molar-refractivity contribution in [2.45, 2.75) is 59.0 Å². The van der Waals surface area contributed by atoms with Crippen LogP contribution >= 0.6 is 0 Å². The molecule has 0 aliphatic heterocycles. The molecule has 0 saturated heterocycles. The highest BCUT2D eigenvalue weighted by Gasteiger charge is 2.12. The Morgan fingerprint density at radius 1 is 1.47 bits per heavy atom. The lowest BCUT2D eigenvalue weighted by Crippen LogP contribution is -2.18. The smallest absolute Gasteiger partial charge is 0.152 e. The summed E-state index contributed by atoms with van der Waals surface area (Å²) in [5.74, 6) is 0.696. The maximum absolute atomic E-state index is 10.7. The van der Waals surface area contributed by atoms with Gasteiger partial charge in [-0.15, -0.1) is 0 Å². The molecule has 0 bridgehead atoms. The van der Waals surface area contributed by atoms with Crippen LogP contribution < -0.4 is 0 Å². The van der Waals surface area contributed by atoms with E-state index in [0.29, 0.717) is 5.92 Å². The normalized spacial score (nSPS) is 14.5. The van der Waals surface area contributed by atoms with Gasteiger partial charge in [0.1, 0.15) is 0 Å². The molecule has 1 atom stereocenters. The van der Waals surface area contributed by atoms with E-state index in [1.165, 1.54) is 0 Å². The van der Waals surface area contributed by atoms with E-state index < -0.39 is 5.60 Å². The number of hydrogen-bond acceptors (Lipinski definition) is 2. The van der Waals surface area contributed by atoms with E-state index in [-0.39, 0.29) is 5.78 Å². The number of carbonyl (C=O) groups is 1. The van der Waals surface area contributed by atoms with E-state index in [9.17, 15) is 9.90 Å². The Morgan fingerprint density at radius 2 is 2.07 bits per heavy atom. The van der Waals surface area contributed by atoms with E-state index in [1.54, 1.807) is 13.0 Å². The zero-order valence-corrected chi connectivity index (χ0v) is 10.4. The van der Waals surface area contributed by atoms with Crippen LogP contribution in [0.5, 0.6) is 0 Å². The number of allylic oxidation sites excluding steroid dienone is 2. The van der Waals surface area contributed by atoms with E-state index in [0.717, 1.165) is 25.7 Å². The summed E-state index contributed by atoms with van der Waals surface area (Å²) in [4.78, 5) is 10.7. The lowest BCUT2D eigenvalue weighted by molar-refractivity contribution is -0.112. The minimum Gasteiger partial charge on any atom is -0.390 e. The maximum Gasteiger partial charge on any atom is 0.152 e. The van der Waals surface area contributed by atoms with E-state index >= 15 is 0 Å². The van der Waals surface area contributed by atoms with Gasteiger partial charge in [0.05, 0.1) is 5.60 Å². The largest absolute Gasteiger partial charge is 0.390 e. The molecule has 2 heteroatoms. The Bertz CT molecular complexity index is 211. The van der Waals surface area contributed by atoms with E-state index in [1.807, 2.05) is 19.9 Å². The van der Waals surface area contributed by atoms with Crippen LogP contribution in [0, 0.1) is 5.92 Å². The second kappa shape index (κ2) is 6.78. The summed E-state index contributed by atoms with van der Waals surface area (Å²) in [6.07, 6.45) is 7.51. The molecule has 0 rings (SSSR count). The second-order valence-corrected chi connectivity index (χ2v) is 5.06. The van der Waals surface area contributed by atoms with Crippen molar-refractivity contribution in [1.82, 2.24) is 0 Å². The average Bonchev–Trinajstić information content (AvgIpc) is 2.00. The van der Waals surface area contributed by atoms with Gasteiger partial charge in [0.25, 0.3) is 0 Å². The van der Waals surface area contributed by atoms with Crippen LogP contribution in [0.1, 0.15) is 53.4 Å². The third-order valence-electron chi connectivity index (χ3n) is 2.38. The SMILES string of the molecule is CC(=O)C=CCC(C)CCCC(C)(C)O. The van der Waals surface area contributed by atoms with Gasteiger partial charge in [-0.1, -0.05) is 25.8 Å². The number of hydrogen-bond donors (Lipinski definition) is 1. The summed E-state index contributed by atoms with van der Waals surface area (Å²) in [6, 6.07) is 0. The zero-order valence-electron chi connectivity index (χ0n) is 10.4. The van der Waals surface area contributed by atoms with Crippen LogP contribution in [-0.4, -0.2) is 16.5 Å². The molecule has 1 unspecified atom stereocenters. The van der Waals surface area contributed by atoms with Gasteiger partial charge in [0.2, 0.25) is 0 Å². The minimum absolute atomic E-state index is 0.110. The fourth-order valence-electron chi connectivity index (χ4n) is 1.47. The van der Waals surface area contributed by atoms with Crippen molar-refractivity contribution in [2.75, 3.05) is 0 Å². The van der Waals surface area contributed by atoms with Crippen molar-refractivity contribution >= 4 is 5.78 Å². The molecule has 0 amide bonds. The molecule has 0 aliphatic rings. The van der Waals surface area contributed by atoms with Crippen molar-refractivity contribution in [1.29, 1.82) is 0 Å². The van der Waals surface area contributed by atoms with Crippen molar-refractivity contribution in [3.63, 3.8) is 0 Å². The van der Waals surface area contributed by atoms with Gasteiger partial charge >= 0.3 is 0 Å². The first kappa shape index (κ1) is 14.4. The van der Waals surface area contributed by atoms with Crippen LogP contribution in [-0.2, 0) is 4.79 Å². The molecule has 15 heavy (non-hydrogen) atoms. The number of ketones is 1. The molecule has 88 valence electrons. The predicted octanol–water partition coefficient (Wildman–Crippen LogP) is 3.10. The first-order valence-electron chi connectivity index (χ1n) is 5.71. The first-order chi connectivity index (χ1) is 6.81. The molecule has 2 nitrogen and oxygen atoms in total. The molecule has 0 fully saturated rings. The van der Waals surface area contributed by atoms with Gasteiger partial charge < -0.3 is 5.11 Å². The molecule has 0 aromatic carbocycles. The van der Waals surface area contributed by atoms with Crippen molar-refractivity contribution in [2.24, 2.45) is 5.92 Å². The fourth-order valence-corrected chi connectivity index (χ4v) is 1.47. The lowest BCUT2D eigenvalue weighted by atomic mass is 9.95. The molecular formula is C13H24O2. The third kappa shape index (κ3) is 11.3. The quantitative estimate of drug-likeness (QED) is 0.658. The summed E-state index contributed by atoms with van der Waals surface area (Å²) in [5, 5.41) is 9.52. The second-order valence-electron chi connectivity index (χ2n) is 5.06. The van der Waals surface area contributed by atoms with Gasteiger partial charge in [-0.2, -0.15) is 0 Å². The number of aliphatic hydroxyl groups is 1. The highest BCUT2D eigenvalue weighted by atomic mass is 16.3. The van der Waals surface area contributed by atoms with Gasteiger partial charge in [-0.05, 0) is 45.6 Å². The molecule has 0 heterocycles. The van der Waals surface area contributed by atoms with Crippen molar-refractivity contribution in [3.05, 3.63) is 12.2 Å². The van der Waals surface area contributed by atoms with Crippen molar-refractivity contribution in [3.8, 4) is 0 Å². The molecular weight excluding hydrogens is 188 g/mol. The first-order valence-corrected chi connectivity index (χ1v) is 5.71. The van der Waals surface area contributed by atoms with Gasteiger partial charge in [0, 0.05) is 0 Å². The zero-order chi connectivity index (χ0) is 11.9. The molecule has 0 radical (unpaired) electrons. The van der Waals surface area contributed by atoms with E-state index in [2.05, 4.69) is 6.92 Å². The maximum atomic E-state index is 10.7. The van der Waals surface area contributed by atoms with Crippen molar-refractivity contribution < 1.29 is 9.90 Å². The van der Waals surface area contributed by atoms with Crippen LogP contribution in [0.25, 0.3) is 0 Å². The standard InChI is InChI=1S/C13H24O2/c1-11(7-5-9-12(2)14)8-6-10-13(3,4)15/h5,9,11,15H,6-8,10H2,1-4H3. The predicted molar refractivity (Wildman–Crippen MR) is 63.8 cm³/mol. The molecule has 1 N–H and O–H groups in total. The van der Waals surface area contributed by atoms with Gasteiger partial charge in [-0.3, -0.25) is 4.79 Å². The molecule has 0 aromatic rings. The summed E-state index contributed by atoms with van der Waals surface area (Å²) in [6.45, 7) is 7.42. The third-order valence-corrected chi connectivity index (χ3v) is 2.38. The Labute approximate surface area is 93.4 Å². The minimum atomic E-state index is -0.547. The monoisotopic (exact) mass is 212 g/mol. The van der Waals surface area contributed by atoms with E-state index in [4.69, 9.17) is 0 Å². The topological polar surface area (TPSA) is 37.3 Å². The average molecular weight is 212 g/mol. The summed E-state index contributed by atoms with van der Waals surface area (Å²) < 4.78 is 0. The molecule has 0 spiro atoms. The number of carbonyl (C=O) groups excluding carboxylic acids is 1. The highest BCUT2D eigenvalue weighted by Crippen LogP contribution is 2.17. The summed E-state index contributed by atoms with van der Waals surface area (Å²) in [7, 11) is 0. The van der Waals surface area contributed by atoms with Gasteiger partial charge in [-0.25, -0.2) is 0 Å². The highest BCUT2D eigenvalue weighted by molar-refractivity contribution is 5.87. The Kier molecular flexibility index (Phi) is 6.50. The van der Waals surface area contributed by atoms with Crippen LogP contribution in [0.3, 0.4) is 0 Å². The van der Waals surface area contributed by atoms with Crippen LogP contribution in [0.2, 0.25) is 0 Å². The Morgan fingerprint density at radius 3 is 2.53 bits per heavy atom. The van der Waals surface area contributed by atoms with Crippen LogP contribution in [0.4, 0.5) is 0 Å². The summed E-state index contributed by atoms with van der Waals surface area (Å²) in [5.41, 5.74) is -0.547.